The van der Waals surface area contributed by atoms with Crippen LogP contribution in [0.3, 0.4) is 0 Å². The average Bonchev–Trinajstić information content (AvgIpc) is 3.06. The Morgan fingerprint density at radius 3 is 2.81 bits per heavy atom. The topological polar surface area (TPSA) is 79.5 Å². The molecular weight excluding hydrogens is 374 g/mol. The van der Waals surface area contributed by atoms with Crippen LogP contribution in [0.15, 0.2) is 29.6 Å². The number of urea groups is 1. The van der Waals surface area contributed by atoms with E-state index in [0.29, 0.717) is 22.1 Å². The molecule has 3 N–H and O–H groups in total. The van der Waals surface area contributed by atoms with E-state index in [1.54, 1.807) is 23.5 Å². The molecule has 26 heavy (non-hydrogen) atoms. The summed E-state index contributed by atoms with van der Waals surface area (Å²) in [5.41, 5.74) is 0.746. The highest BCUT2D eigenvalue weighted by molar-refractivity contribution is 7.10. The molecule has 138 valence electrons. The maximum atomic E-state index is 12.6. The van der Waals surface area contributed by atoms with Crippen molar-refractivity contribution in [2.24, 2.45) is 5.41 Å². The van der Waals surface area contributed by atoms with Gasteiger partial charge >= 0.3 is 6.03 Å². The fourth-order valence-electron chi connectivity index (χ4n) is 2.66. The van der Waals surface area contributed by atoms with Gasteiger partial charge in [0, 0.05) is 10.9 Å². The van der Waals surface area contributed by atoms with Gasteiger partial charge in [-0.1, -0.05) is 38.4 Å². The number of nitrogens with one attached hydrogen (secondary N) is 3. The lowest BCUT2D eigenvalue weighted by Gasteiger charge is -2.31. The Kier molecular flexibility index (Phi) is 5.11. The molecule has 1 aliphatic heterocycles. The highest BCUT2D eigenvalue weighted by Gasteiger charge is 2.29. The first kappa shape index (κ1) is 18.5. The third kappa shape index (κ3) is 4.11. The second kappa shape index (κ2) is 7.17. The van der Waals surface area contributed by atoms with Gasteiger partial charge in [0.1, 0.15) is 5.75 Å². The zero-order chi connectivity index (χ0) is 18.9. The normalized spacial score (nSPS) is 14.7. The molecular formula is C18H20ClN3O3S. The second-order valence-corrected chi connectivity index (χ2v) is 8.46. The molecule has 3 rings (SSSR count). The van der Waals surface area contributed by atoms with Crippen LogP contribution in [0.25, 0.3) is 0 Å². The van der Waals surface area contributed by atoms with E-state index in [-0.39, 0.29) is 30.0 Å². The minimum absolute atomic E-state index is 0.0647. The largest absolute Gasteiger partial charge is 0.482 e. The summed E-state index contributed by atoms with van der Waals surface area (Å²) < 4.78 is 5.37. The first-order valence-electron chi connectivity index (χ1n) is 8.11. The summed E-state index contributed by atoms with van der Waals surface area (Å²) in [6, 6.07) is 6.63. The Hall–Kier alpha value is -2.25. The fraction of sp³-hybridized carbons (Fsp3) is 0.333. The average molecular weight is 394 g/mol. The number of thiophene rings is 1. The van der Waals surface area contributed by atoms with Crippen LogP contribution in [-0.4, -0.2) is 18.5 Å². The van der Waals surface area contributed by atoms with Crippen molar-refractivity contribution >= 4 is 46.3 Å². The van der Waals surface area contributed by atoms with Crippen molar-refractivity contribution in [3.05, 3.63) is 39.5 Å². The molecule has 1 aromatic heterocycles. The van der Waals surface area contributed by atoms with Crippen molar-refractivity contribution in [3.63, 3.8) is 0 Å². The Bertz CT molecular complexity index is 831. The number of ether oxygens (including phenoxy) is 1. The molecule has 3 amide bonds. The molecule has 2 heterocycles. The third-order valence-electron chi connectivity index (χ3n) is 3.92. The van der Waals surface area contributed by atoms with Gasteiger partial charge in [0.25, 0.3) is 5.91 Å². The number of anilines is 2. The van der Waals surface area contributed by atoms with Crippen molar-refractivity contribution in [2.45, 2.75) is 26.8 Å². The molecule has 0 unspecified atom stereocenters. The third-order valence-corrected chi connectivity index (χ3v) is 5.17. The minimum atomic E-state index is -0.361. The molecule has 0 radical (unpaired) electrons. The van der Waals surface area contributed by atoms with E-state index >= 15 is 0 Å². The highest BCUT2D eigenvalue weighted by atomic mass is 35.5. The van der Waals surface area contributed by atoms with Crippen LogP contribution in [0, 0.1) is 5.41 Å². The van der Waals surface area contributed by atoms with Crippen LogP contribution < -0.4 is 20.7 Å². The summed E-state index contributed by atoms with van der Waals surface area (Å²) in [6.45, 7) is 6.14. The highest BCUT2D eigenvalue weighted by Crippen LogP contribution is 2.37. The van der Waals surface area contributed by atoms with E-state index in [9.17, 15) is 9.59 Å². The Labute approximate surface area is 160 Å². The van der Waals surface area contributed by atoms with Crippen LogP contribution in [-0.2, 0) is 4.79 Å². The van der Waals surface area contributed by atoms with Gasteiger partial charge in [0.05, 0.1) is 22.4 Å². The SMILES string of the molecule is CC(C)(C)[C@H](NC(=O)Nc1cc2c(cc1Cl)NC(=O)CO2)c1cccs1. The molecule has 1 aromatic carbocycles. The molecule has 2 aromatic rings. The lowest BCUT2D eigenvalue weighted by atomic mass is 9.86. The smallest absolute Gasteiger partial charge is 0.319 e. The lowest BCUT2D eigenvalue weighted by Crippen LogP contribution is -2.38. The minimum Gasteiger partial charge on any atom is -0.482 e. The predicted octanol–water partition coefficient (Wildman–Crippen LogP) is 4.64. The maximum Gasteiger partial charge on any atom is 0.319 e. The van der Waals surface area contributed by atoms with Gasteiger partial charge in [-0.15, -0.1) is 11.3 Å². The van der Waals surface area contributed by atoms with Crippen molar-refractivity contribution in [1.82, 2.24) is 5.32 Å². The summed E-state index contributed by atoms with van der Waals surface area (Å²) in [7, 11) is 0. The van der Waals surface area contributed by atoms with Crippen LogP contribution in [0.1, 0.15) is 31.7 Å². The van der Waals surface area contributed by atoms with Crippen LogP contribution in [0.5, 0.6) is 5.75 Å². The summed E-state index contributed by atoms with van der Waals surface area (Å²) in [4.78, 5) is 25.0. The Morgan fingerprint density at radius 1 is 1.38 bits per heavy atom. The summed E-state index contributed by atoms with van der Waals surface area (Å²) in [6.07, 6.45) is 0. The molecule has 0 saturated heterocycles. The van der Waals surface area contributed by atoms with Crippen LogP contribution >= 0.6 is 22.9 Å². The molecule has 0 bridgehead atoms. The van der Waals surface area contributed by atoms with E-state index in [2.05, 4.69) is 36.7 Å². The Balaban J connectivity index is 1.76. The number of rotatable bonds is 3. The summed E-state index contributed by atoms with van der Waals surface area (Å²) in [5.74, 6) is 0.228. The standard InChI is InChI=1S/C18H20ClN3O3S/c1-18(2,3)16(14-5-4-6-26-14)22-17(24)21-11-8-13-12(7-10(11)19)20-15(23)9-25-13/h4-8,16H,9H2,1-3H3,(H,20,23)(H2,21,22,24)/t16-/m1/s1. The number of carbonyl (C=O) groups is 2. The molecule has 1 atom stereocenters. The lowest BCUT2D eigenvalue weighted by molar-refractivity contribution is -0.118. The number of hydrogen-bond donors (Lipinski definition) is 3. The van der Waals surface area contributed by atoms with Gasteiger partial charge in [-0.05, 0) is 22.9 Å². The van der Waals surface area contributed by atoms with Gasteiger partial charge in [-0.25, -0.2) is 4.79 Å². The number of halogens is 1. The zero-order valence-corrected chi connectivity index (χ0v) is 16.3. The molecule has 0 aliphatic carbocycles. The van der Waals surface area contributed by atoms with Gasteiger partial charge in [0.2, 0.25) is 0 Å². The van der Waals surface area contributed by atoms with E-state index in [4.69, 9.17) is 16.3 Å². The number of benzene rings is 1. The second-order valence-electron chi connectivity index (χ2n) is 7.08. The van der Waals surface area contributed by atoms with E-state index < -0.39 is 0 Å². The van der Waals surface area contributed by atoms with Gasteiger partial charge in [-0.2, -0.15) is 0 Å². The number of carbonyl (C=O) groups excluding carboxylic acids is 2. The number of fused-ring (bicyclic) bond motifs is 1. The van der Waals surface area contributed by atoms with Gasteiger partial charge in [-0.3, -0.25) is 4.79 Å². The van der Waals surface area contributed by atoms with Crippen molar-refractivity contribution in [2.75, 3.05) is 17.2 Å². The quantitative estimate of drug-likeness (QED) is 0.710. The van der Waals surface area contributed by atoms with Gasteiger partial charge < -0.3 is 20.7 Å². The molecule has 0 saturated carbocycles. The van der Waals surface area contributed by atoms with Crippen molar-refractivity contribution in [1.29, 1.82) is 0 Å². The Morgan fingerprint density at radius 2 is 2.15 bits per heavy atom. The van der Waals surface area contributed by atoms with E-state index in [0.717, 1.165) is 4.88 Å². The molecule has 1 aliphatic rings. The molecule has 0 fully saturated rings. The van der Waals surface area contributed by atoms with Crippen molar-refractivity contribution < 1.29 is 14.3 Å². The molecule has 8 heteroatoms. The monoisotopic (exact) mass is 393 g/mol. The fourth-order valence-corrected chi connectivity index (χ4v) is 3.89. The first-order valence-corrected chi connectivity index (χ1v) is 9.37. The van der Waals surface area contributed by atoms with Crippen LogP contribution in [0.2, 0.25) is 5.02 Å². The van der Waals surface area contributed by atoms with Gasteiger partial charge in [0.15, 0.2) is 6.61 Å². The molecule has 0 spiro atoms. The predicted molar refractivity (Wildman–Crippen MR) is 104 cm³/mol. The summed E-state index contributed by atoms with van der Waals surface area (Å²) >= 11 is 7.83. The van der Waals surface area contributed by atoms with Crippen LogP contribution in [0.4, 0.5) is 16.2 Å². The zero-order valence-electron chi connectivity index (χ0n) is 14.7. The number of hydrogen-bond acceptors (Lipinski definition) is 4. The number of amides is 3. The summed E-state index contributed by atoms with van der Waals surface area (Å²) in [5, 5.41) is 10.8. The molecule has 6 nitrogen and oxygen atoms in total. The maximum absolute atomic E-state index is 12.6. The van der Waals surface area contributed by atoms with E-state index in [1.165, 1.54) is 0 Å². The van der Waals surface area contributed by atoms with E-state index in [1.807, 2.05) is 17.5 Å². The van der Waals surface area contributed by atoms with Crippen molar-refractivity contribution in [3.8, 4) is 5.75 Å². The first-order chi connectivity index (χ1) is 12.2.